The molecular weight excluding hydrogens is 320 g/mol. The number of carboxylic acids is 1. The maximum Gasteiger partial charge on any atom is 0.311 e. The largest absolute Gasteiger partial charge is 0.497 e. The number of nitrogens with two attached hydrogens (primary N) is 1. The maximum atomic E-state index is 12.2. The van der Waals surface area contributed by atoms with Crippen LogP contribution in [0.1, 0.15) is 18.4 Å². The zero-order chi connectivity index (χ0) is 17.9. The summed E-state index contributed by atoms with van der Waals surface area (Å²) in [5.41, 5.74) is 5.79. The Kier molecular flexibility index (Phi) is 4.74. The first kappa shape index (κ1) is 17.0. The fourth-order valence-corrected chi connectivity index (χ4v) is 3.38. The third-order valence-corrected chi connectivity index (χ3v) is 4.65. The lowest BCUT2D eigenvalue weighted by molar-refractivity contribution is -0.149. The predicted molar refractivity (Wildman–Crippen MR) is 94.7 cm³/mol. The van der Waals surface area contributed by atoms with Crippen LogP contribution in [0.25, 0.3) is 0 Å². The van der Waals surface area contributed by atoms with Crippen molar-refractivity contribution in [1.82, 2.24) is 9.97 Å². The van der Waals surface area contributed by atoms with Crippen molar-refractivity contribution in [3.05, 3.63) is 42.1 Å². The van der Waals surface area contributed by atoms with Gasteiger partial charge in [-0.2, -0.15) is 4.98 Å². The van der Waals surface area contributed by atoms with Crippen molar-refractivity contribution in [3.63, 3.8) is 0 Å². The van der Waals surface area contributed by atoms with Crippen LogP contribution in [0.4, 0.5) is 11.8 Å². The molecule has 132 valence electrons. The van der Waals surface area contributed by atoms with Gasteiger partial charge < -0.3 is 20.5 Å². The molecule has 7 heteroatoms. The van der Waals surface area contributed by atoms with E-state index in [-0.39, 0.29) is 0 Å². The van der Waals surface area contributed by atoms with Crippen LogP contribution in [-0.4, -0.2) is 41.2 Å². The van der Waals surface area contributed by atoms with Gasteiger partial charge in [-0.15, -0.1) is 0 Å². The highest BCUT2D eigenvalue weighted by Gasteiger charge is 2.43. The van der Waals surface area contributed by atoms with Gasteiger partial charge in [0.1, 0.15) is 11.6 Å². The summed E-state index contributed by atoms with van der Waals surface area (Å²) in [6, 6.07) is 9.17. The van der Waals surface area contributed by atoms with Gasteiger partial charge in [0.2, 0.25) is 5.95 Å². The molecule has 2 heterocycles. The SMILES string of the molecule is COc1cccc(C[C@@]2(C(=O)O)CCCN(c3nccc(N)n3)C2)c1. The van der Waals surface area contributed by atoms with E-state index in [2.05, 4.69) is 9.97 Å². The average Bonchev–Trinajstić information content (AvgIpc) is 2.62. The summed E-state index contributed by atoms with van der Waals surface area (Å²) < 4.78 is 5.25. The van der Waals surface area contributed by atoms with Crippen LogP contribution < -0.4 is 15.4 Å². The Morgan fingerprint density at radius 2 is 2.28 bits per heavy atom. The molecule has 3 N–H and O–H groups in total. The highest BCUT2D eigenvalue weighted by atomic mass is 16.5. The first-order chi connectivity index (χ1) is 12.0. The second kappa shape index (κ2) is 6.96. The molecule has 1 aliphatic rings. The molecule has 0 aliphatic carbocycles. The van der Waals surface area contributed by atoms with Gasteiger partial charge >= 0.3 is 5.97 Å². The van der Waals surface area contributed by atoms with E-state index in [1.807, 2.05) is 29.2 Å². The summed E-state index contributed by atoms with van der Waals surface area (Å²) in [6.07, 6.45) is 3.39. The lowest BCUT2D eigenvalue weighted by Gasteiger charge is -2.40. The molecule has 0 spiro atoms. The number of anilines is 2. The number of aromatic nitrogens is 2. The van der Waals surface area contributed by atoms with Crippen molar-refractivity contribution in [1.29, 1.82) is 0 Å². The summed E-state index contributed by atoms with van der Waals surface area (Å²) in [4.78, 5) is 22.5. The summed E-state index contributed by atoms with van der Waals surface area (Å²) in [5.74, 6) is 0.786. The molecule has 0 radical (unpaired) electrons. The third-order valence-electron chi connectivity index (χ3n) is 4.65. The van der Waals surface area contributed by atoms with E-state index in [9.17, 15) is 9.90 Å². The molecule has 1 atom stereocenters. The quantitative estimate of drug-likeness (QED) is 0.856. The van der Waals surface area contributed by atoms with Gasteiger partial charge in [-0.25, -0.2) is 4.98 Å². The normalized spacial score (nSPS) is 20.3. The van der Waals surface area contributed by atoms with Gasteiger partial charge in [0.05, 0.1) is 12.5 Å². The summed E-state index contributed by atoms with van der Waals surface area (Å²) >= 11 is 0. The van der Waals surface area contributed by atoms with Crippen LogP contribution >= 0.6 is 0 Å². The topological polar surface area (TPSA) is 102 Å². The van der Waals surface area contributed by atoms with E-state index >= 15 is 0 Å². The number of hydrogen-bond acceptors (Lipinski definition) is 6. The lowest BCUT2D eigenvalue weighted by atomic mass is 9.75. The summed E-state index contributed by atoms with van der Waals surface area (Å²) in [5, 5.41) is 9.97. The fourth-order valence-electron chi connectivity index (χ4n) is 3.38. The van der Waals surface area contributed by atoms with Crippen molar-refractivity contribution >= 4 is 17.7 Å². The lowest BCUT2D eigenvalue weighted by Crippen LogP contribution is -2.49. The Morgan fingerprint density at radius 3 is 3.00 bits per heavy atom. The number of carbonyl (C=O) groups is 1. The second-order valence-electron chi connectivity index (χ2n) is 6.42. The molecule has 1 aromatic heterocycles. The van der Waals surface area contributed by atoms with Crippen LogP contribution in [0, 0.1) is 5.41 Å². The van der Waals surface area contributed by atoms with E-state index in [4.69, 9.17) is 10.5 Å². The Labute approximate surface area is 146 Å². The molecule has 3 rings (SSSR count). The molecule has 2 aromatic rings. The molecule has 25 heavy (non-hydrogen) atoms. The molecule has 0 unspecified atom stereocenters. The number of aliphatic carboxylic acids is 1. The second-order valence-corrected chi connectivity index (χ2v) is 6.42. The molecule has 7 nitrogen and oxygen atoms in total. The van der Waals surface area contributed by atoms with Crippen LogP contribution in [0.15, 0.2) is 36.5 Å². The van der Waals surface area contributed by atoms with Crippen LogP contribution in [-0.2, 0) is 11.2 Å². The number of methoxy groups -OCH3 is 1. The fraction of sp³-hybridized carbons (Fsp3) is 0.389. The Bertz CT molecular complexity index is 767. The van der Waals surface area contributed by atoms with Crippen LogP contribution in [0.2, 0.25) is 0 Å². The van der Waals surface area contributed by atoms with Gasteiger partial charge in [0.15, 0.2) is 0 Å². The van der Waals surface area contributed by atoms with Crippen molar-refractivity contribution < 1.29 is 14.6 Å². The van der Waals surface area contributed by atoms with E-state index in [0.29, 0.717) is 31.2 Å². The summed E-state index contributed by atoms with van der Waals surface area (Å²) in [7, 11) is 1.60. The molecule has 1 aliphatic heterocycles. The van der Waals surface area contributed by atoms with Crippen molar-refractivity contribution in [3.8, 4) is 5.75 Å². The first-order valence-electron chi connectivity index (χ1n) is 8.22. The van der Waals surface area contributed by atoms with Gasteiger partial charge in [-0.05, 0) is 43.0 Å². The standard InChI is InChI=1S/C18H22N4O3/c1-25-14-5-2-4-13(10-14)11-18(16(23)24)7-3-9-22(12-18)17-20-8-6-15(19)21-17/h2,4-6,8,10H,3,7,9,11-12H2,1H3,(H,23,24)(H2,19,20,21)/t18-/m0/s1. The van der Waals surface area contributed by atoms with Gasteiger partial charge in [-0.1, -0.05) is 12.1 Å². The average molecular weight is 342 g/mol. The number of hydrogen-bond donors (Lipinski definition) is 2. The minimum absolute atomic E-state index is 0.350. The van der Waals surface area contributed by atoms with E-state index in [1.165, 1.54) is 0 Å². The third kappa shape index (κ3) is 3.65. The summed E-state index contributed by atoms with van der Waals surface area (Å²) in [6.45, 7) is 1.07. The molecular formula is C18H22N4O3. The predicted octanol–water partition coefficient (Wildman–Crippen LogP) is 1.98. The Balaban J connectivity index is 1.87. The minimum atomic E-state index is -0.890. The molecule has 0 amide bonds. The minimum Gasteiger partial charge on any atom is -0.497 e. The highest BCUT2D eigenvalue weighted by molar-refractivity contribution is 5.76. The van der Waals surface area contributed by atoms with Crippen molar-refractivity contribution in [2.24, 2.45) is 5.41 Å². The molecule has 1 aromatic carbocycles. The Morgan fingerprint density at radius 1 is 1.44 bits per heavy atom. The van der Waals surface area contributed by atoms with Gasteiger partial charge in [-0.3, -0.25) is 4.79 Å². The zero-order valence-electron chi connectivity index (χ0n) is 14.2. The van der Waals surface area contributed by atoms with E-state index in [1.54, 1.807) is 19.4 Å². The van der Waals surface area contributed by atoms with Crippen molar-refractivity contribution in [2.45, 2.75) is 19.3 Å². The number of benzene rings is 1. The molecule has 1 saturated heterocycles. The van der Waals surface area contributed by atoms with Gasteiger partial charge in [0.25, 0.3) is 0 Å². The Hall–Kier alpha value is -2.83. The number of nitrogen functional groups attached to an aromatic ring is 1. The van der Waals surface area contributed by atoms with Crippen molar-refractivity contribution in [2.75, 3.05) is 30.8 Å². The number of ether oxygens (including phenoxy) is 1. The first-order valence-corrected chi connectivity index (χ1v) is 8.22. The number of rotatable bonds is 5. The smallest absolute Gasteiger partial charge is 0.311 e. The monoisotopic (exact) mass is 342 g/mol. The number of carboxylic acid groups (broad SMARTS) is 1. The highest BCUT2D eigenvalue weighted by Crippen LogP contribution is 2.36. The van der Waals surface area contributed by atoms with E-state index in [0.717, 1.165) is 24.3 Å². The van der Waals surface area contributed by atoms with E-state index < -0.39 is 11.4 Å². The number of piperidine rings is 1. The zero-order valence-corrected chi connectivity index (χ0v) is 14.2. The maximum absolute atomic E-state index is 12.2. The van der Waals surface area contributed by atoms with Crippen LogP contribution in [0.3, 0.4) is 0 Å². The molecule has 1 fully saturated rings. The van der Waals surface area contributed by atoms with Gasteiger partial charge in [0, 0.05) is 19.3 Å². The number of nitrogens with zero attached hydrogens (tertiary/aromatic N) is 3. The van der Waals surface area contributed by atoms with Crippen LogP contribution in [0.5, 0.6) is 5.75 Å². The molecule has 0 bridgehead atoms. The molecule has 0 saturated carbocycles.